The quantitative estimate of drug-likeness (QED) is 0.0169. The number of hydrogen-bond donors (Lipinski definition) is 3. The zero-order valence-electron chi connectivity index (χ0n) is 57.4. The largest absolute Gasteiger partial charge is 0.472 e. The molecule has 19 heteroatoms. The summed E-state index contributed by atoms with van der Waals surface area (Å²) in [5, 5.41) is 10.6. The predicted molar refractivity (Wildman–Crippen MR) is 358 cm³/mol. The number of hydrogen-bond acceptors (Lipinski definition) is 15. The number of phosphoric ester groups is 2. The van der Waals surface area contributed by atoms with Gasteiger partial charge < -0.3 is 33.8 Å². The molecule has 0 heterocycles. The van der Waals surface area contributed by atoms with Crippen molar-refractivity contribution in [3.63, 3.8) is 0 Å². The second-order valence-corrected chi connectivity index (χ2v) is 28.9. The van der Waals surface area contributed by atoms with Crippen LogP contribution in [0.2, 0.25) is 0 Å². The monoisotopic (exact) mass is 1310 g/mol. The molecule has 0 aromatic rings. The Hall–Kier alpha value is -2.46. The van der Waals surface area contributed by atoms with Crippen LogP contribution in [0.15, 0.2) is 24.3 Å². The molecule has 2 unspecified atom stereocenters. The third-order valence-corrected chi connectivity index (χ3v) is 17.4. The number of aliphatic hydroxyl groups excluding tert-OH is 1. The van der Waals surface area contributed by atoms with Gasteiger partial charge >= 0.3 is 39.5 Å². The van der Waals surface area contributed by atoms with Gasteiger partial charge in [-0.1, -0.05) is 272 Å². The minimum atomic E-state index is -4.96. The number of carbonyl (C=O) groups excluding carboxylic acids is 4. The lowest BCUT2D eigenvalue weighted by Crippen LogP contribution is -2.30. The van der Waals surface area contributed by atoms with Gasteiger partial charge in [0.2, 0.25) is 0 Å². The molecule has 0 fully saturated rings. The molecule has 0 saturated heterocycles. The second-order valence-electron chi connectivity index (χ2n) is 26.0. The minimum absolute atomic E-state index is 0.0984. The van der Waals surface area contributed by atoms with E-state index in [4.69, 9.17) is 37.0 Å². The number of unbranched alkanes of at least 4 members (excludes halogenated alkanes) is 31. The summed E-state index contributed by atoms with van der Waals surface area (Å²) in [7, 11) is -9.91. The van der Waals surface area contributed by atoms with Crippen LogP contribution in [-0.4, -0.2) is 96.7 Å². The molecular formula is C70H132O17P2. The van der Waals surface area contributed by atoms with Crippen LogP contribution in [0.3, 0.4) is 0 Å². The number of ether oxygens (including phenoxy) is 4. The highest BCUT2D eigenvalue weighted by Crippen LogP contribution is 2.45. The van der Waals surface area contributed by atoms with Crippen LogP contribution in [-0.2, 0) is 65.4 Å². The molecule has 17 nitrogen and oxygen atoms in total. The van der Waals surface area contributed by atoms with E-state index in [9.17, 15) is 43.2 Å². The standard InChI is InChI=1S/C70H132O17P2/c1-8-9-10-11-12-13-14-15-16-17-18-24-29-37-44-51-67(72)80-57-65(86-69(74)53-46-39-30-25-20-19-22-27-34-41-48-61(2)3)59-84-88(76,77)82-55-64(71)56-83-89(78,79)85-60-66(58-81-68(73)52-45-38-33-32-36-43-50-63(6)7)87-70(75)54-47-40-31-26-21-23-28-35-42-49-62(4)5/h13-16,61-66,71H,8-12,17-60H2,1-7H3,(H,76,77)(H,78,79)/b14-13-,16-15-/t64-,65-,66-/m1/s1. The fourth-order valence-electron chi connectivity index (χ4n) is 10.0. The zero-order valence-corrected chi connectivity index (χ0v) is 59.2. The van der Waals surface area contributed by atoms with Crippen molar-refractivity contribution >= 4 is 39.5 Å². The van der Waals surface area contributed by atoms with Gasteiger partial charge in [-0.15, -0.1) is 0 Å². The van der Waals surface area contributed by atoms with Crippen LogP contribution in [0.25, 0.3) is 0 Å². The lowest BCUT2D eigenvalue weighted by atomic mass is 10.0. The van der Waals surface area contributed by atoms with Gasteiger partial charge in [-0.2, -0.15) is 0 Å². The van der Waals surface area contributed by atoms with E-state index >= 15 is 0 Å². The summed E-state index contributed by atoms with van der Waals surface area (Å²) in [5.74, 6) is 0.00202. The molecule has 0 aliphatic carbocycles. The summed E-state index contributed by atoms with van der Waals surface area (Å²) >= 11 is 0. The highest BCUT2D eigenvalue weighted by Gasteiger charge is 2.30. The van der Waals surface area contributed by atoms with Crippen LogP contribution < -0.4 is 0 Å². The number of allylic oxidation sites excluding steroid dienone is 4. The summed E-state index contributed by atoms with van der Waals surface area (Å²) in [6, 6.07) is 0. The number of rotatable bonds is 66. The third kappa shape index (κ3) is 64.1. The van der Waals surface area contributed by atoms with E-state index in [1.807, 2.05) is 0 Å². The maximum absolute atomic E-state index is 13.0. The summed E-state index contributed by atoms with van der Waals surface area (Å²) < 4.78 is 68.2. The maximum Gasteiger partial charge on any atom is 0.472 e. The Bertz CT molecular complexity index is 1840. The Labute approximate surface area is 542 Å². The van der Waals surface area contributed by atoms with Crippen molar-refractivity contribution in [1.82, 2.24) is 0 Å². The highest BCUT2D eigenvalue weighted by molar-refractivity contribution is 7.47. The molecule has 0 rings (SSSR count). The van der Waals surface area contributed by atoms with Crippen LogP contribution >= 0.6 is 15.6 Å². The van der Waals surface area contributed by atoms with Crippen LogP contribution in [0, 0.1) is 17.8 Å². The SMILES string of the molecule is CCCCCC/C=C\C=C/CCCCCCCC(=O)OC[C@H](COP(=O)(O)OC[C@@H](O)COP(=O)(O)OC[C@@H](COC(=O)CCCCCCCCC(C)C)OC(=O)CCCCCCCCCCCC(C)C)OC(=O)CCCCCCCCCCCCC(C)C. The molecule has 0 aromatic carbocycles. The van der Waals surface area contributed by atoms with Gasteiger partial charge in [-0.25, -0.2) is 9.13 Å². The van der Waals surface area contributed by atoms with Crippen molar-refractivity contribution in [2.45, 2.75) is 343 Å². The summed E-state index contributed by atoms with van der Waals surface area (Å²) in [6.45, 7) is 11.7. The number of esters is 4. The molecule has 0 spiro atoms. The van der Waals surface area contributed by atoms with Crippen molar-refractivity contribution in [3.05, 3.63) is 24.3 Å². The molecule has 0 radical (unpaired) electrons. The Morgan fingerprint density at radius 2 is 0.607 bits per heavy atom. The average molecular weight is 1310 g/mol. The fraction of sp³-hybridized carbons (Fsp3) is 0.886. The second kappa shape index (κ2) is 60.5. The summed E-state index contributed by atoms with van der Waals surface area (Å²) in [4.78, 5) is 72.5. The van der Waals surface area contributed by atoms with Gasteiger partial charge in [0.05, 0.1) is 26.4 Å². The van der Waals surface area contributed by atoms with Crippen LogP contribution in [0.5, 0.6) is 0 Å². The topological polar surface area (TPSA) is 237 Å². The Kier molecular flexibility index (Phi) is 58.8. The molecule has 5 atom stereocenters. The molecule has 89 heavy (non-hydrogen) atoms. The summed E-state index contributed by atoms with van der Waals surface area (Å²) in [5.41, 5.74) is 0. The van der Waals surface area contributed by atoms with E-state index < -0.39 is 97.5 Å². The van der Waals surface area contributed by atoms with Crippen molar-refractivity contribution in [2.75, 3.05) is 39.6 Å². The minimum Gasteiger partial charge on any atom is -0.462 e. The molecule has 0 aromatic heterocycles. The van der Waals surface area contributed by atoms with Gasteiger partial charge in [0.15, 0.2) is 12.2 Å². The molecule has 0 bridgehead atoms. The smallest absolute Gasteiger partial charge is 0.462 e. The Morgan fingerprint density at radius 1 is 0.348 bits per heavy atom. The van der Waals surface area contributed by atoms with E-state index in [2.05, 4.69) is 72.8 Å². The Balaban J connectivity index is 5.28. The van der Waals surface area contributed by atoms with Gasteiger partial charge in [-0.3, -0.25) is 37.3 Å². The van der Waals surface area contributed by atoms with Gasteiger partial charge in [0, 0.05) is 25.7 Å². The van der Waals surface area contributed by atoms with Crippen LogP contribution in [0.1, 0.15) is 325 Å². The molecule has 0 amide bonds. The van der Waals surface area contributed by atoms with Gasteiger partial charge in [0.1, 0.15) is 19.3 Å². The lowest BCUT2D eigenvalue weighted by Gasteiger charge is -2.21. The lowest BCUT2D eigenvalue weighted by molar-refractivity contribution is -0.161. The normalized spacial score (nSPS) is 14.4. The third-order valence-electron chi connectivity index (χ3n) is 15.5. The maximum atomic E-state index is 13.0. The molecule has 524 valence electrons. The summed E-state index contributed by atoms with van der Waals surface area (Å²) in [6.07, 6.45) is 46.8. The van der Waals surface area contributed by atoms with E-state index in [1.165, 1.54) is 109 Å². The van der Waals surface area contributed by atoms with E-state index in [-0.39, 0.29) is 25.7 Å². The number of carbonyl (C=O) groups is 4. The van der Waals surface area contributed by atoms with Crippen molar-refractivity contribution in [3.8, 4) is 0 Å². The zero-order chi connectivity index (χ0) is 65.9. The first-order valence-corrected chi connectivity index (χ1v) is 38.7. The van der Waals surface area contributed by atoms with E-state index in [0.717, 1.165) is 127 Å². The number of aliphatic hydroxyl groups is 1. The van der Waals surface area contributed by atoms with Crippen molar-refractivity contribution < 1.29 is 80.2 Å². The van der Waals surface area contributed by atoms with Crippen LogP contribution in [0.4, 0.5) is 0 Å². The van der Waals surface area contributed by atoms with E-state index in [1.54, 1.807) is 0 Å². The predicted octanol–water partition coefficient (Wildman–Crippen LogP) is 19.4. The van der Waals surface area contributed by atoms with Crippen molar-refractivity contribution in [1.29, 1.82) is 0 Å². The first-order valence-electron chi connectivity index (χ1n) is 35.7. The fourth-order valence-corrected chi connectivity index (χ4v) is 11.6. The molecular weight excluding hydrogens is 1170 g/mol. The first-order chi connectivity index (χ1) is 42.7. The molecule has 0 aliphatic rings. The first kappa shape index (κ1) is 86.5. The molecule has 0 aliphatic heterocycles. The number of phosphoric acid groups is 2. The molecule has 0 saturated carbocycles. The van der Waals surface area contributed by atoms with E-state index in [0.29, 0.717) is 31.6 Å². The van der Waals surface area contributed by atoms with Crippen molar-refractivity contribution in [2.24, 2.45) is 17.8 Å². The van der Waals surface area contributed by atoms with Gasteiger partial charge in [-0.05, 0) is 69.1 Å². The molecule has 3 N–H and O–H groups in total. The highest BCUT2D eigenvalue weighted by atomic mass is 31.2. The Morgan fingerprint density at radius 3 is 0.910 bits per heavy atom. The van der Waals surface area contributed by atoms with Gasteiger partial charge in [0.25, 0.3) is 0 Å². The average Bonchev–Trinajstić information content (AvgIpc) is 3.60.